The average molecular weight is 384 g/mol. The molecule has 0 saturated carbocycles. The number of hydrogen-bond donors (Lipinski definition) is 1. The lowest BCUT2D eigenvalue weighted by Gasteiger charge is -2.30. The molecule has 0 atom stereocenters. The molecule has 1 aromatic carbocycles. The van der Waals surface area contributed by atoms with Crippen molar-refractivity contribution >= 4 is 11.9 Å². The van der Waals surface area contributed by atoms with Gasteiger partial charge in [0.1, 0.15) is 11.4 Å². The first-order valence-corrected chi connectivity index (χ1v) is 9.24. The fourth-order valence-corrected chi connectivity index (χ4v) is 2.95. The highest BCUT2D eigenvalue weighted by molar-refractivity contribution is 5.94. The van der Waals surface area contributed by atoms with Crippen LogP contribution in [0.5, 0.6) is 5.75 Å². The van der Waals surface area contributed by atoms with Gasteiger partial charge in [0.05, 0.1) is 18.4 Å². The van der Waals surface area contributed by atoms with Gasteiger partial charge >= 0.3 is 5.97 Å². The summed E-state index contributed by atoms with van der Waals surface area (Å²) in [5.41, 5.74) is 1.74. The van der Waals surface area contributed by atoms with E-state index in [0.29, 0.717) is 25.2 Å². The molecular formula is C22H28N2O4. The molecule has 1 N–H and O–H groups in total. The summed E-state index contributed by atoms with van der Waals surface area (Å²) in [6, 6.07) is 10.7. The maximum absolute atomic E-state index is 13.1. The van der Waals surface area contributed by atoms with Crippen molar-refractivity contribution in [2.75, 3.05) is 20.2 Å². The Morgan fingerprint density at radius 1 is 1.11 bits per heavy atom. The van der Waals surface area contributed by atoms with Gasteiger partial charge in [-0.15, -0.1) is 0 Å². The van der Waals surface area contributed by atoms with Crippen molar-refractivity contribution in [2.24, 2.45) is 5.41 Å². The van der Waals surface area contributed by atoms with E-state index in [9.17, 15) is 9.59 Å². The number of rotatable bonds is 7. The summed E-state index contributed by atoms with van der Waals surface area (Å²) in [4.78, 5) is 30.3. The van der Waals surface area contributed by atoms with Gasteiger partial charge < -0.3 is 14.7 Å². The topological polar surface area (TPSA) is 79.7 Å². The molecule has 1 aromatic heterocycles. The van der Waals surface area contributed by atoms with E-state index >= 15 is 0 Å². The van der Waals surface area contributed by atoms with E-state index in [1.54, 1.807) is 18.9 Å². The monoisotopic (exact) mass is 384 g/mol. The summed E-state index contributed by atoms with van der Waals surface area (Å²) >= 11 is 0. The van der Waals surface area contributed by atoms with Crippen molar-refractivity contribution in [2.45, 2.75) is 34.1 Å². The van der Waals surface area contributed by atoms with Gasteiger partial charge in [-0.05, 0) is 48.6 Å². The second-order valence-corrected chi connectivity index (χ2v) is 8.02. The van der Waals surface area contributed by atoms with Crippen LogP contribution in [0, 0.1) is 12.3 Å². The van der Waals surface area contributed by atoms with Gasteiger partial charge in [0.15, 0.2) is 0 Å². The summed E-state index contributed by atoms with van der Waals surface area (Å²) < 4.78 is 5.18. The molecule has 0 spiro atoms. The number of aromatic nitrogens is 1. The highest BCUT2D eigenvalue weighted by Crippen LogP contribution is 2.19. The third-order valence-electron chi connectivity index (χ3n) is 4.32. The average Bonchev–Trinajstić information content (AvgIpc) is 2.63. The highest BCUT2D eigenvalue weighted by atomic mass is 16.5. The minimum Gasteiger partial charge on any atom is -0.497 e. The van der Waals surface area contributed by atoms with Crippen LogP contribution in [0.25, 0.3) is 0 Å². The standard InChI is InChI=1S/C22H28N2O4/c1-15-18(21(26)27)10-11-19(23-15)20(25)24(14-22(2,3)4)13-12-16-6-8-17(28-5)9-7-16/h6-11H,12-14H2,1-5H3,(H,26,27). The summed E-state index contributed by atoms with van der Waals surface area (Å²) in [5, 5.41) is 9.16. The summed E-state index contributed by atoms with van der Waals surface area (Å²) in [5.74, 6) is -0.442. The second-order valence-electron chi connectivity index (χ2n) is 8.02. The first-order chi connectivity index (χ1) is 13.1. The number of aromatic carboxylic acids is 1. The Balaban J connectivity index is 2.20. The number of benzene rings is 1. The number of carbonyl (C=O) groups excluding carboxylic acids is 1. The molecule has 1 heterocycles. The largest absolute Gasteiger partial charge is 0.497 e. The molecule has 6 nitrogen and oxygen atoms in total. The van der Waals surface area contributed by atoms with Gasteiger partial charge in [-0.1, -0.05) is 32.9 Å². The van der Waals surface area contributed by atoms with Crippen molar-refractivity contribution in [3.8, 4) is 5.75 Å². The first kappa shape index (κ1) is 21.4. The molecule has 6 heteroatoms. The van der Waals surface area contributed by atoms with Crippen LogP contribution < -0.4 is 4.74 Å². The third kappa shape index (κ3) is 5.81. The van der Waals surface area contributed by atoms with E-state index in [0.717, 1.165) is 11.3 Å². The SMILES string of the molecule is COc1ccc(CCN(CC(C)(C)C)C(=O)c2ccc(C(=O)O)c(C)n2)cc1. The van der Waals surface area contributed by atoms with E-state index in [2.05, 4.69) is 25.8 Å². The Labute approximate surface area is 166 Å². The van der Waals surface area contributed by atoms with Crippen molar-refractivity contribution in [1.82, 2.24) is 9.88 Å². The maximum Gasteiger partial charge on any atom is 0.337 e. The number of hydrogen-bond acceptors (Lipinski definition) is 4. The van der Waals surface area contributed by atoms with E-state index in [1.165, 1.54) is 12.1 Å². The number of carboxylic acid groups (broad SMARTS) is 1. The molecule has 1 amide bonds. The number of pyridine rings is 1. The van der Waals surface area contributed by atoms with E-state index in [1.807, 2.05) is 24.3 Å². The zero-order chi connectivity index (χ0) is 20.9. The lowest BCUT2D eigenvalue weighted by atomic mass is 9.95. The first-order valence-electron chi connectivity index (χ1n) is 9.24. The predicted molar refractivity (Wildman–Crippen MR) is 108 cm³/mol. The summed E-state index contributed by atoms with van der Waals surface area (Å²) in [6.45, 7) is 8.95. The molecule has 0 radical (unpaired) electrons. The molecule has 0 unspecified atom stereocenters. The Hall–Kier alpha value is -2.89. The predicted octanol–water partition coefficient (Wildman–Crippen LogP) is 3.83. The zero-order valence-corrected chi connectivity index (χ0v) is 17.2. The lowest BCUT2D eigenvalue weighted by molar-refractivity contribution is 0.0678. The molecule has 0 bridgehead atoms. The van der Waals surface area contributed by atoms with E-state index < -0.39 is 5.97 Å². The Bertz CT molecular complexity index is 839. The van der Waals surface area contributed by atoms with Crippen molar-refractivity contribution in [3.63, 3.8) is 0 Å². The van der Waals surface area contributed by atoms with Crippen LogP contribution in [0.4, 0.5) is 0 Å². The Morgan fingerprint density at radius 3 is 2.25 bits per heavy atom. The number of nitrogens with zero attached hydrogens (tertiary/aromatic N) is 2. The van der Waals surface area contributed by atoms with Crippen molar-refractivity contribution < 1.29 is 19.4 Å². The number of carbonyl (C=O) groups is 2. The maximum atomic E-state index is 13.1. The van der Waals surface area contributed by atoms with Gasteiger partial charge in [-0.3, -0.25) is 4.79 Å². The van der Waals surface area contributed by atoms with Crippen LogP contribution in [0.2, 0.25) is 0 Å². The van der Waals surface area contributed by atoms with Gasteiger partial charge in [0, 0.05) is 13.1 Å². The molecule has 2 aromatic rings. The van der Waals surface area contributed by atoms with E-state index in [-0.39, 0.29) is 22.6 Å². The van der Waals surface area contributed by atoms with Gasteiger partial charge in [0.25, 0.3) is 5.91 Å². The molecule has 0 aliphatic carbocycles. The van der Waals surface area contributed by atoms with Crippen LogP contribution in [-0.2, 0) is 6.42 Å². The number of ether oxygens (including phenoxy) is 1. The molecule has 0 aliphatic heterocycles. The quantitative estimate of drug-likeness (QED) is 0.785. The fourth-order valence-electron chi connectivity index (χ4n) is 2.95. The Morgan fingerprint density at radius 2 is 1.75 bits per heavy atom. The number of amides is 1. The van der Waals surface area contributed by atoms with Gasteiger partial charge in [0.2, 0.25) is 0 Å². The number of carboxylic acids is 1. The normalized spacial score (nSPS) is 11.2. The number of methoxy groups -OCH3 is 1. The molecule has 0 saturated heterocycles. The minimum absolute atomic E-state index is 0.0778. The molecule has 2 rings (SSSR count). The van der Waals surface area contributed by atoms with Crippen LogP contribution in [-0.4, -0.2) is 47.1 Å². The van der Waals surface area contributed by atoms with Crippen LogP contribution in [0.15, 0.2) is 36.4 Å². The van der Waals surface area contributed by atoms with Crippen LogP contribution in [0.3, 0.4) is 0 Å². The second kappa shape index (κ2) is 8.87. The third-order valence-corrected chi connectivity index (χ3v) is 4.32. The van der Waals surface area contributed by atoms with Gasteiger partial charge in [-0.2, -0.15) is 0 Å². The van der Waals surface area contributed by atoms with Crippen molar-refractivity contribution in [1.29, 1.82) is 0 Å². The van der Waals surface area contributed by atoms with Gasteiger partial charge in [-0.25, -0.2) is 9.78 Å². The molecular weight excluding hydrogens is 356 g/mol. The number of aryl methyl sites for hydroxylation is 1. The van der Waals surface area contributed by atoms with Crippen molar-refractivity contribution in [3.05, 3.63) is 58.9 Å². The molecule has 150 valence electrons. The fraction of sp³-hybridized carbons (Fsp3) is 0.409. The van der Waals surface area contributed by atoms with Crippen LogP contribution >= 0.6 is 0 Å². The molecule has 0 fully saturated rings. The Kier molecular flexibility index (Phi) is 6.78. The summed E-state index contributed by atoms with van der Waals surface area (Å²) in [6.07, 6.45) is 0.706. The van der Waals surface area contributed by atoms with Crippen LogP contribution in [0.1, 0.15) is 52.9 Å². The summed E-state index contributed by atoms with van der Waals surface area (Å²) in [7, 11) is 1.63. The zero-order valence-electron chi connectivity index (χ0n) is 17.2. The smallest absolute Gasteiger partial charge is 0.337 e. The molecule has 0 aliphatic rings. The highest BCUT2D eigenvalue weighted by Gasteiger charge is 2.23. The van der Waals surface area contributed by atoms with E-state index in [4.69, 9.17) is 9.84 Å². The minimum atomic E-state index is -1.05. The molecule has 28 heavy (non-hydrogen) atoms. The lowest BCUT2D eigenvalue weighted by Crippen LogP contribution is -2.39.